The number of halogens is 1. The van der Waals surface area contributed by atoms with Gasteiger partial charge in [0.25, 0.3) is 0 Å². The molecule has 1 unspecified atom stereocenters. The zero-order valence-electron chi connectivity index (χ0n) is 18.6. The lowest BCUT2D eigenvalue weighted by atomic mass is 9.98. The van der Waals surface area contributed by atoms with E-state index in [1.807, 2.05) is 31.2 Å². The Balaban J connectivity index is 1.31. The van der Waals surface area contributed by atoms with E-state index in [1.165, 1.54) is 12.1 Å². The summed E-state index contributed by atoms with van der Waals surface area (Å²) >= 11 is 5.39. The summed E-state index contributed by atoms with van der Waals surface area (Å²) in [6, 6.07) is 14.0. The minimum Gasteiger partial charge on any atom is -0.340 e. The van der Waals surface area contributed by atoms with Gasteiger partial charge in [-0.3, -0.25) is 14.5 Å². The van der Waals surface area contributed by atoms with Gasteiger partial charge >= 0.3 is 0 Å². The number of hydrogen-bond donors (Lipinski definition) is 1. The van der Waals surface area contributed by atoms with Crippen LogP contribution in [0.5, 0.6) is 0 Å². The van der Waals surface area contributed by atoms with Crippen LogP contribution in [0, 0.1) is 17.5 Å². The SMILES string of the molecule is Cc1ccc(-c2n[nH]c(=S)n2CC(=O)N2CCCC(c3nc(-c4cccc(F)c4)no3)C2)cc1. The summed E-state index contributed by atoms with van der Waals surface area (Å²) in [6.07, 6.45) is 1.64. The van der Waals surface area contributed by atoms with Crippen LogP contribution in [0.3, 0.4) is 0 Å². The van der Waals surface area contributed by atoms with E-state index in [2.05, 4.69) is 20.3 Å². The van der Waals surface area contributed by atoms with Gasteiger partial charge < -0.3 is 9.42 Å². The number of aryl methyl sites for hydroxylation is 1. The van der Waals surface area contributed by atoms with E-state index in [0.29, 0.717) is 41.0 Å². The van der Waals surface area contributed by atoms with E-state index < -0.39 is 0 Å². The fourth-order valence-electron chi connectivity index (χ4n) is 4.17. The molecule has 1 N–H and O–H groups in total. The van der Waals surface area contributed by atoms with Gasteiger partial charge in [0.2, 0.25) is 17.6 Å². The minimum atomic E-state index is -0.360. The van der Waals surface area contributed by atoms with Crippen LogP contribution in [-0.4, -0.2) is 48.8 Å². The number of nitrogens with one attached hydrogen (secondary N) is 1. The van der Waals surface area contributed by atoms with Crippen molar-refractivity contribution < 1.29 is 13.7 Å². The summed E-state index contributed by atoms with van der Waals surface area (Å²) < 4.78 is 21.1. The van der Waals surface area contributed by atoms with Crippen molar-refractivity contribution in [2.24, 2.45) is 0 Å². The molecule has 34 heavy (non-hydrogen) atoms. The van der Waals surface area contributed by atoms with Crippen LogP contribution < -0.4 is 0 Å². The number of nitrogens with zero attached hydrogens (tertiary/aromatic N) is 5. The number of benzene rings is 2. The van der Waals surface area contributed by atoms with Gasteiger partial charge in [0.05, 0.1) is 5.92 Å². The average molecular weight is 479 g/mol. The molecule has 1 saturated heterocycles. The second-order valence-electron chi connectivity index (χ2n) is 8.45. The summed E-state index contributed by atoms with van der Waals surface area (Å²) in [5.74, 6) is 0.925. The summed E-state index contributed by atoms with van der Waals surface area (Å²) in [6.45, 7) is 3.21. The van der Waals surface area contributed by atoms with Gasteiger partial charge in [0.15, 0.2) is 10.6 Å². The van der Waals surface area contributed by atoms with E-state index in [-0.39, 0.29) is 24.2 Å². The first kappa shape index (κ1) is 22.1. The molecule has 174 valence electrons. The summed E-state index contributed by atoms with van der Waals surface area (Å²) in [5, 5.41) is 11.1. The standard InChI is InChI=1S/C24H23FN6O2S/c1-15-7-9-16(10-8-15)22-27-28-24(34)31(22)14-20(32)30-11-3-5-18(13-30)23-26-21(29-33-23)17-4-2-6-19(25)12-17/h2,4,6-10,12,18H,3,5,11,13-14H2,1H3,(H,28,34). The highest BCUT2D eigenvalue weighted by atomic mass is 32.1. The smallest absolute Gasteiger partial charge is 0.242 e. The summed E-state index contributed by atoms with van der Waals surface area (Å²) in [5.41, 5.74) is 2.58. The first-order chi connectivity index (χ1) is 16.5. The maximum Gasteiger partial charge on any atom is 0.242 e. The van der Waals surface area contributed by atoms with E-state index >= 15 is 0 Å². The number of aromatic nitrogens is 5. The second kappa shape index (κ2) is 9.30. The van der Waals surface area contributed by atoms with Gasteiger partial charge in [-0.25, -0.2) is 4.39 Å². The Hall–Kier alpha value is -3.66. The Morgan fingerprint density at radius 2 is 2.06 bits per heavy atom. The van der Waals surface area contributed by atoms with Gasteiger partial charge in [0, 0.05) is 24.2 Å². The largest absolute Gasteiger partial charge is 0.340 e. The molecule has 4 aromatic rings. The van der Waals surface area contributed by atoms with Crippen molar-refractivity contribution in [1.82, 2.24) is 29.8 Å². The molecule has 1 fully saturated rings. The second-order valence-corrected chi connectivity index (χ2v) is 8.84. The average Bonchev–Trinajstić information content (AvgIpc) is 3.48. The van der Waals surface area contributed by atoms with E-state index in [0.717, 1.165) is 24.0 Å². The zero-order valence-corrected chi connectivity index (χ0v) is 19.4. The molecule has 10 heteroatoms. The van der Waals surface area contributed by atoms with Gasteiger partial charge in [0.1, 0.15) is 12.4 Å². The van der Waals surface area contributed by atoms with Crippen molar-refractivity contribution in [3.8, 4) is 22.8 Å². The minimum absolute atomic E-state index is 0.0552. The van der Waals surface area contributed by atoms with Crippen LogP contribution in [-0.2, 0) is 11.3 Å². The maximum atomic E-state index is 13.5. The van der Waals surface area contributed by atoms with E-state index in [4.69, 9.17) is 16.7 Å². The van der Waals surface area contributed by atoms with E-state index in [9.17, 15) is 9.18 Å². The highest BCUT2D eigenvalue weighted by Crippen LogP contribution is 2.28. The first-order valence-corrected chi connectivity index (χ1v) is 11.5. The summed E-state index contributed by atoms with van der Waals surface area (Å²) in [4.78, 5) is 19.5. The fourth-order valence-corrected chi connectivity index (χ4v) is 4.37. The Kier molecular flexibility index (Phi) is 6.06. The zero-order chi connectivity index (χ0) is 23.7. The lowest BCUT2D eigenvalue weighted by Crippen LogP contribution is -2.41. The lowest BCUT2D eigenvalue weighted by molar-refractivity contribution is -0.133. The third-order valence-corrected chi connectivity index (χ3v) is 6.32. The van der Waals surface area contributed by atoms with Crippen LogP contribution in [0.2, 0.25) is 0 Å². The highest BCUT2D eigenvalue weighted by molar-refractivity contribution is 7.71. The quantitative estimate of drug-likeness (QED) is 0.424. The molecule has 0 saturated carbocycles. The molecule has 1 aliphatic heterocycles. The summed E-state index contributed by atoms with van der Waals surface area (Å²) in [7, 11) is 0. The third kappa shape index (κ3) is 4.54. The number of piperidine rings is 1. The molecule has 0 bridgehead atoms. The number of rotatable bonds is 5. The predicted molar refractivity (Wildman–Crippen MR) is 126 cm³/mol. The van der Waals surface area contributed by atoms with Crippen molar-refractivity contribution in [2.45, 2.75) is 32.2 Å². The number of likely N-dealkylation sites (tertiary alicyclic amines) is 1. The molecule has 0 aliphatic carbocycles. The Morgan fingerprint density at radius 1 is 1.24 bits per heavy atom. The molecule has 8 nitrogen and oxygen atoms in total. The van der Waals surface area contributed by atoms with Crippen molar-refractivity contribution in [3.63, 3.8) is 0 Å². The molecule has 1 aliphatic rings. The molecule has 0 radical (unpaired) electrons. The molecule has 1 atom stereocenters. The Morgan fingerprint density at radius 3 is 2.85 bits per heavy atom. The fraction of sp³-hybridized carbons (Fsp3) is 0.292. The number of hydrogen-bond acceptors (Lipinski definition) is 6. The van der Waals surface area contributed by atoms with Crippen molar-refractivity contribution in [1.29, 1.82) is 0 Å². The number of aromatic amines is 1. The molecule has 5 rings (SSSR count). The Labute approximate surface area is 200 Å². The van der Waals surface area contributed by atoms with Crippen molar-refractivity contribution in [3.05, 3.63) is 70.6 Å². The van der Waals surface area contributed by atoms with Crippen molar-refractivity contribution in [2.75, 3.05) is 13.1 Å². The molecule has 2 aromatic heterocycles. The molecular formula is C24H23FN6O2S. The lowest BCUT2D eigenvalue weighted by Gasteiger charge is -2.31. The van der Waals surface area contributed by atoms with Gasteiger partial charge in [-0.2, -0.15) is 10.1 Å². The normalized spacial score (nSPS) is 16.1. The number of carbonyl (C=O) groups is 1. The maximum absolute atomic E-state index is 13.5. The number of carbonyl (C=O) groups excluding carboxylic acids is 1. The van der Waals surface area contributed by atoms with E-state index in [1.54, 1.807) is 21.6 Å². The predicted octanol–water partition coefficient (Wildman–Crippen LogP) is 4.51. The first-order valence-electron chi connectivity index (χ1n) is 11.1. The van der Waals surface area contributed by atoms with Crippen LogP contribution >= 0.6 is 12.2 Å². The van der Waals surface area contributed by atoms with Crippen LogP contribution in [0.15, 0.2) is 53.1 Å². The van der Waals surface area contributed by atoms with Gasteiger partial charge in [-0.05, 0) is 44.1 Å². The topological polar surface area (TPSA) is 92.8 Å². The molecule has 3 heterocycles. The number of H-pyrrole nitrogens is 1. The third-order valence-electron chi connectivity index (χ3n) is 6.01. The molecule has 1 amide bonds. The molecule has 2 aromatic carbocycles. The van der Waals surface area contributed by atoms with Crippen LogP contribution in [0.25, 0.3) is 22.8 Å². The monoisotopic (exact) mass is 478 g/mol. The number of amides is 1. The van der Waals surface area contributed by atoms with Crippen LogP contribution in [0.4, 0.5) is 4.39 Å². The van der Waals surface area contributed by atoms with Crippen molar-refractivity contribution >= 4 is 18.1 Å². The molecule has 0 spiro atoms. The van der Waals surface area contributed by atoms with Gasteiger partial charge in [-0.15, -0.1) is 0 Å². The highest BCUT2D eigenvalue weighted by Gasteiger charge is 2.29. The van der Waals surface area contributed by atoms with Crippen LogP contribution in [0.1, 0.15) is 30.2 Å². The molecular weight excluding hydrogens is 455 g/mol. The Bertz CT molecular complexity index is 1380. The van der Waals surface area contributed by atoms with Gasteiger partial charge in [-0.1, -0.05) is 47.1 Å².